The minimum absolute atomic E-state index is 0.0998. The quantitative estimate of drug-likeness (QED) is 0.325. The Morgan fingerprint density at radius 3 is 1.75 bits per heavy atom. The number of aliphatic hydroxyl groups is 5. The van der Waals surface area contributed by atoms with E-state index < -0.39 is 24.4 Å². The van der Waals surface area contributed by atoms with E-state index in [2.05, 4.69) is 0 Å². The average molecular weight is 292 g/mol. The fourth-order valence-electron chi connectivity index (χ4n) is 2.23. The number of hydrogen-bond donors (Lipinski definition) is 5. The monoisotopic (exact) mass is 292 g/mol. The second-order valence-corrected chi connectivity index (χ2v) is 5.68. The molecule has 0 saturated heterocycles. The zero-order valence-electron chi connectivity index (χ0n) is 12.6. The molecule has 0 amide bonds. The molecule has 4 atom stereocenters. The molecule has 0 aliphatic heterocycles. The van der Waals surface area contributed by atoms with Crippen LogP contribution in [0.15, 0.2) is 0 Å². The summed E-state index contributed by atoms with van der Waals surface area (Å²) in [6.45, 7) is 1.68. The summed E-state index contributed by atoms with van der Waals surface area (Å²) in [6.07, 6.45) is 4.12. The molecule has 0 rings (SSSR count). The smallest absolute Gasteiger partial charge is 0.105 e. The van der Waals surface area contributed by atoms with Crippen LogP contribution in [0.2, 0.25) is 0 Å². The van der Waals surface area contributed by atoms with E-state index in [0.717, 1.165) is 44.9 Å². The van der Waals surface area contributed by atoms with Gasteiger partial charge in [0, 0.05) is 13.0 Å². The van der Waals surface area contributed by atoms with Gasteiger partial charge >= 0.3 is 0 Å². The largest absolute Gasteiger partial charge is 0.396 e. The molecule has 0 aromatic carbocycles. The number of unbranched alkanes of at least 4 members (excludes halogenated alkanes) is 6. The molecule has 5 N–H and O–H groups in total. The molecule has 0 aliphatic rings. The van der Waals surface area contributed by atoms with E-state index in [9.17, 15) is 15.3 Å². The average Bonchev–Trinajstić information content (AvgIpc) is 2.40. The molecule has 0 fully saturated rings. The van der Waals surface area contributed by atoms with Crippen molar-refractivity contribution < 1.29 is 25.5 Å². The third kappa shape index (κ3) is 10.6. The lowest BCUT2D eigenvalue weighted by molar-refractivity contribution is -0.0679. The summed E-state index contributed by atoms with van der Waals surface area (Å²) in [5.74, 6) is 0. The highest BCUT2D eigenvalue weighted by Gasteiger charge is 2.23. The Kier molecular flexibility index (Phi) is 12.4. The minimum atomic E-state index is -1.20. The summed E-state index contributed by atoms with van der Waals surface area (Å²) < 4.78 is 0. The first-order chi connectivity index (χ1) is 9.49. The normalized spacial score (nSPS) is 17.7. The predicted octanol–water partition coefficient (Wildman–Crippen LogP) is 0.953. The highest BCUT2D eigenvalue weighted by molar-refractivity contribution is 4.75. The summed E-state index contributed by atoms with van der Waals surface area (Å²) in [4.78, 5) is 0. The fourth-order valence-corrected chi connectivity index (χ4v) is 2.23. The van der Waals surface area contributed by atoms with Gasteiger partial charge in [-0.1, -0.05) is 38.5 Å². The molecule has 0 spiro atoms. The van der Waals surface area contributed by atoms with E-state index in [4.69, 9.17) is 10.2 Å². The highest BCUT2D eigenvalue weighted by atomic mass is 16.4. The van der Waals surface area contributed by atoms with E-state index in [-0.39, 0.29) is 13.0 Å². The van der Waals surface area contributed by atoms with Crippen molar-refractivity contribution in [1.82, 2.24) is 0 Å². The molecule has 0 bridgehead atoms. The van der Waals surface area contributed by atoms with Crippen molar-refractivity contribution in [2.75, 3.05) is 6.61 Å². The first-order valence-electron chi connectivity index (χ1n) is 7.82. The van der Waals surface area contributed by atoms with Crippen LogP contribution in [0, 0.1) is 0 Å². The van der Waals surface area contributed by atoms with Crippen LogP contribution in [0.1, 0.15) is 64.7 Å². The lowest BCUT2D eigenvalue weighted by Gasteiger charge is -2.22. The van der Waals surface area contributed by atoms with Gasteiger partial charge in [0.05, 0.1) is 18.3 Å². The minimum Gasteiger partial charge on any atom is -0.396 e. The lowest BCUT2D eigenvalue weighted by atomic mass is 9.99. The molecule has 20 heavy (non-hydrogen) atoms. The van der Waals surface area contributed by atoms with Crippen LogP contribution in [0.4, 0.5) is 0 Å². The molecular weight excluding hydrogens is 260 g/mol. The van der Waals surface area contributed by atoms with Crippen molar-refractivity contribution in [1.29, 1.82) is 0 Å². The second-order valence-electron chi connectivity index (χ2n) is 5.68. The third-order valence-electron chi connectivity index (χ3n) is 3.60. The summed E-state index contributed by atoms with van der Waals surface area (Å²) in [5, 5.41) is 46.5. The molecule has 0 aromatic rings. The van der Waals surface area contributed by atoms with Gasteiger partial charge in [-0.2, -0.15) is 0 Å². The van der Waals surface area contributed by atoms with Crippen molar-refractivity contribution in [2.24, 2.45) is 0 Å². The third-order valence-corrected chi connectivity index (χ3v) is 3.60. The predicted molar refractivity (Wildman–Crippen MR) is 78.3 cm³/mol. The van der Waals surface area contributed by atoms with Crippen LogP contribution in [-0.4, -0.2) is 56.6 Å². The van der Waals surface area contributed by atoms with Crippen molar-refractivity contribution in [2.45, 2.75) is 89.1 Å². The Bertz CT molecular complexity index is 210. The summed E-state index contributed by atoms with van der Waals surface area (Å²) in [6, 6.07) is 0. The summed E-state index contributed by atoms with van der Waals surface area (Å²) in [5.41, 5.74) is 0. The summed E-state index contributed by atoms with van der Waals surface area (Å²) >= 11 is 0. The fraction of sp³-hybridized carbons (Fsp3) is 1.00. The topological polar surface area (TPSA) is 101 Å². The van der Waals surface area contributed by atoms with Gasteiger partial charge in [-0.15, -0.1) is 0 Å². The first-order valence-corrected chi connectivity index (χ1v) is 7.82. The van der Waals surface area contributed by atoms with Crippen LogP contribution >= 0.6 is 0 Å². The van der Waals surface area contributed by atoms with Crippen molar-refractivity contribution in [3.63, 3.8) is 0 Å². The van der Waals surface area contributed by atoms with Gasteiger partial charge in [0.15, 0.2) is 0 Å². The van der Waals surface area contributed by atoms with Crippen molar-refractivity contribution in [3.8, 4) is 0 Å². The number of rotatable bonds is 13. The van der Waals surface area contributed by atoms with E-state index in [1.807, 2.05) is 0 Å². The van der Waals surface area contributed by atoms with Crippen LogP contribution in [0.25, 0.3) is 0 Å². The molecule has 0 saturated carbocycles. The molecule has 122 valence electrons. The van der Waals surface area contributed by atoms with Gasteiger partial charge in [-0.25, -0.2) is 0 Å². The Morgan fingerprint density at radius 2 is 1.25 bits per heavy atom. The molecule has 4 unspecified atom stereocenters. The van der Waals surface area contributed by atoms with Gasteiger partial charge in [0.25, 0.3) is 0 Å². The molecule has 5 nitrogen and oxygen atoms in total. The van der Waals surface area contributed by atoms with E-state index >= 15 is 0 Å². The van der Waals surface area contributed by atoms with Crippen LogP contribution in [-0.2, 0) is 0 Å². The van der Waals surface area contributed by atoms with Gasteiger partial charge < -0.3 is 25.5 Å². The molecule has 0 aliphatic carbocycles. The molecular formula is C15H32O5. The van der Waals surface area contributed by atoms with Crippen LogP contribution in [0.5, 0.6) is 0 Å². The van der Waals surface area contributed by atoms with Crippen molar-refractivity contribution >= 4 is 0 Å². The van der Waals surface area contributed by atoms with Gasteiger partial charge in [0.2, 0.25) is 0 Å². The standard InChI is InChI=1S/C15H32O5/c1-12(17)15(20)14(19)11-13(18)9-7-5-3-2-4-6-8-10-16/h12-20H,2-11H2,1H3. The SMILES string of the molecule is CC(O)C(O)C(O)CC(O)CCCCCCCCCO. The van der Waals surface area contributed by atoms with E-state index in [0.29, 0.717) is 6.42 Å². The van der Waals surface area contributed by atoms with Crippen LogP contribution < -0.4 is 0 Å². The van der Waals surface area contributed by atoms with Crippen LogP contribution in [0.3, 0.4) is 0 Å². The Labute approximate surface area is 122 Å². The Morgan fingerprint density at radius 1 is 0.750 bits per heavy atom. The maximum absolute atomic E-state index is 9.74. The Hall–Kier alpha value is -0.200. The lowest BCUT2D eigenvalue weighted by Crippen LogP contribution is -2.37. The first kappa shape index (κ1) is 19.8. The summed E-state index contributed by atoms with van der Waals surface area (Å²) in [7, 11) is 0. The van der Waals surface area contributed by atoms with Gasteiger partial charge in [-0.05, 0) is 19.8 Å². The second kappa shape index (κ2) is 12.5. The Balaban J connectivity index is 3.47. The maximum atomic E-state index is 9.74. The highest BCUT2D eigenvalue weighted by Crippen LogP contribution is 2.14. The molecule has 0 radical (unpaired) electrons. The number of hydrogen-bond acceptors (Lipinski definition) is 5. The maximum Gasteiger partial charge on any atom is 0.105 e. The zero-order valence-corrected chi connectivity index (χ0v) is 12.6. The molecule has 5 heteroatoms. The van der Waals surface area contributed by atoms with E-state index in [1.165, 1.54) is 6.92 Å². The number of aliphatic hydroxyl groups excluding tert-OH is 5. The van der Waals surface area contributed by atoms with Gasteiger partial charge in [-0.3, -0.25) is 0 Å². The van der Waals surface area contributed by atoms with E-state index in [1.54, 1.807) is 0 Å². The molecule has 0 aromatic heterocycles. The van der Waals surface area contributed by atoms with Gasteiger partial charge in [0.1, 0.15) is 6.10 Å². The zero-order chi connectivity index (χ0) is 15.4. The molecule has 0 heterocycles. The van der Waals surface area contributed by atoms with Crippen molar-refractivity contribution in [3.05, 3.63) is 0 Å².